The van der Waals surface area contributed by atoms with Crippen LogP contribution in [0, 0.1) is 6.92 Å². The molecule has 132 valence electrons. The molecule has 0 aliphatic carbocycles. The van der Waals surface area contributed by atoms with Crippen LogP contribution in [-0.4, -0.2) is 52.8 Å². The topological polar surface area (TPSA) is 63.1 Å². The predicted molar refractivity (Wildman–Crippen MR) is 102 cm³/mol. The highest BCUT2D eigenvalue weighted by Gasteiger charge is 2.19. The van der Waals surface area contributed by atoms with Crippen LogP contribution >= 0.6 is 11.3 Å². The summed E-state index contributed by atoms with van der Waals surface area (Å²) < 4.78 is 1.74. The first kappa shape index (κ1) is 17.6. The second-order valence-electron chi connectivity index (χ2n) is 6.35. The third-order valence-electron chi connectivity index (χ3n) is 4.05. The summed E-state index contributed by atoms with van der Waals surface area (Å²) >= 11 is 1.61. The van der Waals surface area contributed by atoms with Crippen molar-refractivity contribution >= 4 is 28.3 Å². The number of fused-ring (bicyclic) bond motifs is 1. The van der Waals surface area contributed by atoms with Crippen LogP contribution in [-0.2, 0) is 7.05 Å². The van der Waals surface area contributed by atoms with E-state index in [1.54, 1.807) is 16.0 Å². The Morgan fingerprint density at radius 2 is 2.20 bits per heavy atom. The van der Waals surface area contributed by atoms with Crippen molar-refractivity contribution in [3.63, 3.8) is 0 Å². The Hall–Kier alpha value is -2.25. The number of thiophene rings is 1. The van der Waals surface area contributed by atoms with Gasteiger partial charge in [-0.3, -0.25) is 9.48 Å². The second kappa shape index (κ2) is 7.33. The summed E-state index contributed by atoms with van der Waals surface area (Å²) in [6.45, 7) is 3.50. The van der Waals surface area contributed by atoms with Crippen LogP contribution in [0.3, 0.4) is 0 Å². The molecule has 0 aromatic carbocycles. The first-order valence-corrected chi connectivity index (χ1v) is 9.16. The number of nitrogens with zero attached hydrogens (tertiary/aromatic N) is 4. The van der Waals surface area contributed by atoms with Gasteiger partial charge in [-0.05, 0) is 51.5 Å². The summed E-state index contributed by atoms with van der Waals surface area (Å²) in [5.41, 5.74) is 3.01. The summed E-state index contributed by atoms with van der Waals surface area (Å²) in [7, 11) is 5.92. The van der Waals surface area contributed by atoms with Gasteiger partial charge in [-0.25, -0.2) is 4.98 Å². The van der Waals surface area contributed by atoms with Gasteiger partial charge in [0.1, 0.15) is 0 Å². The van der Waals surface area contributed by atoms with Crippen LogP contribution in [0.4, 0.5) is 0 Å². The summed E-state index contributed by atoms with van der Waals surface area (Å²) in [4.78, 5) is 20.7. The lowest BCUT2D eigenvalue weighted by atomic mass is 10.1. The maximum atomic E-state index is 12.8. The highest BCUT2D eigenvalue weighted by Crippen LogP contribution is 2.29. The summed E-state index contributed by atoms with van der Waals surface area (Å²) in [6, 6.07) is 5.88. The lowest BCUT2D eigenvalue weighted by Crippen LogP contribution is -2.27. The zero-order chi connectivity index (χ0) is 18.0. The molecule has 0 saturated heterocycles. The lowest BCUT2D eigenvalue weighted by molar-refractivity contribution is 0.0954. The number of carbonyl (C=O) groups is 1. The molecule has 3 aromatic rings. The van der Waals surface area contributed by atoms with E-state index in [0.29, 0.717) is 12.1 Å². The van der Waals surface area contributed by atoms with Crippen molar-refractivity contribution in [2.24, 2.45) is 7.05 Å². The predicted octanol–water partition coefficient (Wildman–Crippen LogP) is 2.69. The molecule has 0 bridgehead atoms. The van der Waals surface area contributed by atoms with E-state index >= 15 is 0 Å². The molecule has 0 atom stereocenters. The van der Waals surface area contributed by atoms with Gasteiger partial charge in [0.25, 0.3) is 5.91 Å². The van der Waals surface area contributed by atoms with Gasteiger partial charge >= 0.3 is 0 Å². The Labute approximate surface area is 151 Å². The van der Waals surface area contributed by atoms with Gasteiger partial charge in [-0.1, -0.05) is 6.07 Å². The number of amides is 1. The fraction of sp³-hybridized carbons (Fsp3) is 0.389. The van der Waals surface area contributed by atoms with Crippen molar-refractivity contribution in [3.05, 3.63) is 34.8 Å². The first-order chi connectivity index (χ1) is 12.0. The molecule has 25 heavy (non-hydrogen) atoms. The van der Waals surface area contributed by atoms with Crippen LogP contribution in [0.1, 0.15) is 22.5 Å². The molecular formula is C18H23N5OS. The Bertz CT molecular complexity index is 883. The zero-order valence-corrected chi connectivity index (χ0v) is 15.9. The number of pyridine rings is 1. The maximum absolute atomic E-state index is 12.8. The minimum Gasteiger partial charge on any atom is -0.352 e. The van der Waals surface area contributed by atoms with E-state index in [1.165, 1.54) is 0 Å². The molecule has 0 fully saturated rings. The highest BCUT2D eigenvalue weighted by atomic mass is 32.1. The largest absolute Gasteiger partial charge is 0.352 e. The summed E-state index contributed by atoms with van der Waals surface area (Å²) in [5.74, 6) is -0.0694. The summed E-state index contributed by atoms with van der Waals surface area (Å²) in [6.07, 6.45) is 0.913. The van der Waals surface area contributed by atoms with E-state index in [0.717, 1.165) is 40.3 Å². The maximum Gasteiger partial charge on any atom is 0.252 e. The van der Waals surface area contributed by atoms with Gasteiger partial charge in [-0.2, -0.15) is 5.10 Å². The van der Waals surface area contributed by atoms with Crippen molar-refractivity contribution in [1.82, 2.24) is 25.0 Å². The number of aromatic nitrogens is 3. The average molecular weight is 357 g/mol. The number of hydrogen-bond donors (Lipinski definition) is 1. The molecule has 0 radical (unpaired) electrons. The normalized spacial score (nSPS) is 11.4. The Balaban J connectivity index is 1.96. The molecule has 0 saturated carbocycles. The molecule has 1 amide bonds. The van der Waals surface area contributed by atoms with Crippen molar-refractivity contribution in [2.75, 3.05) is 27.2 Å². The van der Waals surface area contributed by atoms with Gasteiger partial charge in [0.2, 0.25) is 0 Å². The third-order valence-corrected chi connectivity index (χ3v) is 4.95. The Kier molecular flexibility index (Phi) is 5.15. The zero-order valence-electron chi connectivity index (χ0n) is 15.0. The van der Waals surface area contributed by atoms with Crippen LogP contribution < -0.4 is 5.32 Å². The quantitative estimate of drug-likeness (QED) is 0.689. The van der Waals surface area contributed by atoms with Crippen molar-refractivity contribution in [3.8, 4) is 10.6 Å². The van der Waals surface area contributed by atoms with E-state index in [2.05, 4.69) is 15.3 Å². The molecule has 0 aliphatic heterocycles. The van der Waals surface area contributed by atoms with Gasteiger partial charge in [0.05, 0.1) is 27.2 Å². The fourth-order valence-electron chi connectivity index (χ4n) is 2.87. The second-order valence-corrected chi connectivity index (χ2v) is 7.30. The average Bonchev–Trinajstić information content (AvgIpc) is 3.19. The Morgan fingerprint density at radius 1 is 1.40 bits per heavy atom. The minimum atomic E-state index is -0.0694. The van der Waals surface area contributed by atoms with Crippen LogP contribution in [0.15, 0.2) is 23.6 Å². The number of rotatable bonds is 6. The highest BCUT2D eigenvalue weighted by molar-refractivity contribution is 7.13. The molecule has 3 rings (SSSR count). The van der Waals surface area contributed by atoms with Gasteiger partial charge < -0.3 is 10.2 Å². The molecule has 7 heteroatoms. The lowest BCUT2D eigenvalue weighted by Gasteiger charge is -2.11. The van der Waals surface area contributed by atoms with Crippen molar-refractivity contribution in [2.45, 2.75) is 13.3 Å². The van der Waals surface area contributed by atoms with Gasteiger partial charge in [-0.15, -0.1) is 11.3 Å². The van der Waals surface area contributed by atoms with E-state index in [-0.39, 0.29) is 5.91 Å². The summed E-state index contributed by atoms with van der Waals surface area (Å²) in [5, 5.41) is 10.3. The van der Waals surface area contributed by atoms with Crippen LogP contribution in [0.2, 0.25) is 0 Å². The number of nitrogens with one attached hydrogen (secondary N) is 1. The number of hydrogen-bond acceptors (Lipinski definition) is 5. The van der Waals surface area contributed by atoms with Crippen molar-refractivity contribution in [1.29, 1.82) is 0 Å². The van der Waals surface area contributed by atoms with Gasteiger partial charge in [0.15, 0.2) is 5.65 Å². The minimum absolute atomic E-state index is 0.0694. The Morgan fingerprint density at radius 3 is 2.88 bits per heavy atom. The van der Waals surface area contributed by atoms with Crippen LogP contribution in [0.5, 0.6) is 0 Å². The first-order valence-electron chi connectivity index (χ1n) is 8.28. The standard InChI is InChI=1S/C18H23N5OS/c1-12-16-13(18(24)19-8-6-9-22(2)3)11-14(15-7-5-10-25-15)20-17(16)23(4)21-12/h5,7,10-11H,6,8-9H2,1-4H3,(H,19,24). The molecule has 0 spiro atoms. The molecule has 0 aliphatic rings. The van der Waals surface area contributed by atoms with Crippen LogP contribution in [0.25, 0.3) is 21.6 Å². The monoisotopic (exact) mass is 357 g/mol. The van der Waals surface area contributed by atoms with Crippen molar-refractivity contribution < 1.29 is 4.79 Å². The van der Waals surface area contributed by atoms with E-state index < -0.39 is 0 Å². The van der Waals surface area contributed by atoms with E-state index in [4.69, 9.17) is 4.98 Å². The molecule has 0 unspecified atom stereocenters. The number of carbonyl (C=O) groups excluding carboxylic acids is 1. The fourth-order valence-corrected chi connectivity index (χ4v) is 3.55. The van der Waals surface area contributed by atoms with E-state index in [9.17, 15) is 4.79 Å². The molecular weight excluding hydrogens is 334 g/mol. The molecule has 6 nitrogen and oxygen atoms in total. The smallest absolute Gasteiger partial charge is 0.252 e. The van der Waals surface area contributed by atoms with Gasteiger partial charge in [0, 0.05) is 13.6 Å². The number of aryl methyl sites for hydroxylation is 2. The third kappa shape index (κ3) is 3.72. The SMILES string of the molecule is Cc1nn(C)c2nc(-c3cccs3)cc(C(=O)NCCCN(C)C)c12. The molecule has 3 aromatic heterocycles. The molecule has 1 N–H and O–H groups in total. The molecule has 3 heterocycles. The van der Waals surface area contributed by atoms with E-state index in [1.807, 2.05) is 51.6 Å².